The van der Waals surface area contributed by atoms with Crippen LogP contribution in [-0.2, 0) is 36.8 Å². The van der Waals surface area contributed by atoms with Crippen LogP contribution in [0.25, 0.3) is 0 Å². The third-order valence-corrected chi connectivity index (χ3v) is 1.12. The molecule has 0 saturated heterocycles. The molecule has 1 heterocycles. The van der Waals surface area contributed by atoms with E-state index in [1.807, 2.05) is 13.1 Å². The van der Waals surface area contributed by atoms with Gasteiger partial charge in [-0.25, -0.2) is 4.98 Å². The third kappa shape index (κ3) is 76.0. The number of aromatic amines is 1. The molecule has 0 aliphatic heterocycles. The molecule has 4 N–H and O–H groups in total. The molecular weight excluding hydrogens is 376 g/mol. The van der Waals surface area contributed by atoms with Gasteiger partial charge in [-0.3, -0.25) is 13.7 Å². The zero-order valence-electron chi connectivity index (χ0n) is 13.2. The molecule has 0 aliphatic rings. The van der Waals surface area contributed by atoms with Crippen LogP contribution >= 0.6 is 0 Å². The molecule has 140 valence electrons. The van der Waals surface area contributed by atoms with E-state index >= 15 is 0 Å². The average molecular weight is 398 g/mol. The van der Waals surface area contributed by atoms with Crippen molar-refractivity contribution in [2.45, 2.75) is 20.3 Å². The Morgan fingerprint density at radius 1 is 0.913 bits per heavy atom. The summed E-state index contributed by atoms with van der Waals surface area (Å²) >= 11 is 0. The van der Waals surface area contributed by atoms with Gasteiger partial charge in [0.15, 0.2) is 0 Å². The first-order valence-corrected chi connectivity index (χ1v) is 11.2. The molecule has 0 unspecified atom stereocenters. The molecule has 1 aromatic rings. The summed E-state index contributed by atoms with van der Waals surface area (Å²) in [6, 6.07) is 0. The number of rotatable bonds is 1. The summed E-state index contributed by atoms with van der Waals surface area (Å²) in [5.74, 6) is 1.00. The Hall–Kier alpha value is -1.06. The first kappa shape index (κ1) is 26.8. The van der Waals surface area contributed by atoms with E-state index in [-0.39, 0.29) is 0 Å². The van der Waals surface area contributed by atoms with E-state index in [1.165, 1.54) is 0 Å². The van der Waals surface area contributed by atoms with Gasteiger partial charge in [0.2, 0.25) is 0 Å². The highest BCUT2D eigenvalue weighted by molar-refractivity contribution is 7.85. The Bertz CT molecular complexity index is 638. The quantitative estimate of drug-likeness (QED) is 0.460. The fraction of sp³-hybridized carbons (Fsp3) is 0.667. The van der Waals surface area contributed by atoms with Crippen LogP contribution in [0.4, 0.5) is 0 Å². The van der Waals surface area contributed by atoms with E-state index in [9.17, 15) is 25.3 Å². The van der Waals surface area contributed by atoms with Crippen molar-refractivity contribution in [3.8, 4) is 0 Å². The van der Waals surface area contributed by atoms with E-state index in [0.29, 0.717) is 18.8 Å². The predicted molar refractivity (Wildman–Crippen MR) is 85.1 cm³/mol. The molecule has 1 aromatic heterocycles. The Balaban J connectivity index is -0.000000240. The van der Waals surface area contributed by atoms with Gasteiger partial charge in [-0.2, -0.15) is 25.3 Å². The van der Waals surface area contributed by atoms with E-state index in [4.69, 9.17) is 13.7 Å². The molecule has 1 rings (SSSR count). The molecule has 0 fully saturated rings. The number of nitrogens with zero attached hydrogens (tertiary/aromatic N) is 1. The molecule has 0 aromatic carbocycles. The second kappa shape index (κ2) is 11.5. The first-order valence-electron chi connectivity index (χ1n) is 5.61. The van der Waals surface area contributed by atoms with Crippen LogP contribution in [0.5, 0.6) is 0 Å². The maximum Gasteiger partial charge on any atom is 0.261 e. The number of hydrogen-bond acceptors (Lipinski definition) is 7. The van der Waals surface area contributed by atoms with Crippen LogP contribution in [0.3, 0.4) is 0 Å². The number of hydrogen-bond donors (Lipinski definition) is 4. The predicted octanol–water partition coefficient (Wildman–Crippen LogP) is -0.207. The summed E-state index contributed by atoms with van der Waals surface area (Å²) < 4.78 is 77.6. The van der Waals surface area contributed by atoms with Crippen molar-refractivity contribution >= 4 is 30.4 Å². The van der Waals surface area contributed by atoms with Gasteiger partial charge in [0.25, 0.3) is 30.4 Å². The molecule has 0 amide bonds. The van der Waals surface area contributed by atoms with Crippen molar-refractivity contribution in [2.24, 2.45) is 0 Å². The number of aromatic nitrogens is 2. The Morgan fingerprint density at radius 3 is 1.26 bits per heavy atom. The fourth-order valence-corrected chi connectivity index (χ4v) is 0.649. The summed E-state index contributed by atoms with van der Waals surface area (Å²) in [4.78, 5) is 7.18. The van der Waals surface area contributed by atoms with Gasteiger partial charge in [-0.15, -0.1) is 0 Å². The summed E-state index contributed by atoms with van der Waals surface area (Å²) in [6.45, 7) is 4.05. The van der Waals surface area contributed by atoms with Gasteiger partial charge >= 0.3 is 0 Å². The molecule has 0 saturated carbocycles. The van der Waals surface area contributed by atoms with Gasteiger partial charge in [-0.05, 0) is 13.3 Å². The smallest absolute Gasteiger partial charge is 0.261 e. The summed E-state index contributed by atoms with van der Waals surface area (Å²) in [7, 11) is -11.0. The maximum absolute atomic E-state index is 9.19. The third-order valence-electron chi connectivity index (χ3n) is 1.12. The van der Waals surface area contributed by atoms with Crippen molar-refractivity contribution in [1.29, 1.82) is 0 Å². The van der Waals surface area contributed by atoms with Gasteiger partial charge < -0.3 is 4.98 Å². The highest BCUT2D eigenvalue weighted by atomic mass is 32.2. The van der Waals surface area contributed by atoms with Crippen LogP contribution in [0.2, 0.25) is 0 Å². The van der Waals surface area contributed by atoms with Crippen LogP contribution in [0, 0.1) is 6.92 Å². The number of aryl methyl sites for hydroxylation is 2. The molecule has 0 aliphatic carbocycles. The molecule has 0 spiro atoms. The maximum atomic E-state index is 9.19. The number of imidazole rings is 1. The second-order valence-corrected chi connectivity index (χ2v) is 8.43. The summed E-state index contributed by atoms with van der Waals surface area (Å²) in [6.07, 6.45) is 5.10. The molecule has 0 atom stereocenters. The SMILES string of the molecule is CCc1c[nH]c(C)n1.CS(=O)(=O)O.CS(=O)(=O)O.CS(=O)(=O)O. The minimum Gasteiger partial charge on any atom is -0.349 e. The van der Waals surface area contributed by atoms with E-state index in [0.717, 1.165) is 17.9 Å². The van der Waals surface area contributed by atoms with Gasteiger partial charge in [0.05, 0.1) is 24.5 Å². The molecular formula is C9H22N2O9S3. The Morgan fingerprint density at radius 2 is 1.17 bits per heavy atom. The zero-order chi connectivity index (χ0) is 19.5. The molecule has 0 bridgehead atoms. The Labute approximate surface area is 136 Å². The zero-order valence-corrected chi connectivity index (χ0v) is 15.7. The highest BCUT2D eigenvalue weighted by Crippen LogP contribution is 1.94. The van der Waals surface area contributed by atoms with Crippen molar-refractivity contribution in [2.75, 3.05) is 18.8 Å². The first-order chi connectivity index (χ1) is 9.83. The summed E-state index contributed by atoms with van der Waals surface area (Å²) in [5.41, 5.74) is 1.14. The lowest BCUT2D eigenvalue weighted by molar-refractivity contribution is 0.488. The number of H-pyrrole nitrogens is 1. The molecule has 14 heteroatoms. The van der Waals surface area contributed by atoms with Crippen molar-refractivity contribution in [3.05, 3.63) is 17.7 Å². The highest BCUT2D eigenvalue weighted by Gasteiger charge is 1.89. The normalized spacial score (nSPS) is 11.0. The van der Waals surface area contributed by atoms with E-state index in [2.05, 4.69) is 16.9 Å². The van der Waals surface area contributed by atoms with Gasteiger partial charge in [0, 0.05) is 6.20 Å². The fourth-order valence-electron chi connectivity index (χ4n) is 0.649. The Kier molecular flexibility index (Phi) is 13.4. The lowest BCUT2D eigenvalue weighted by Crippen LogP contribution is -1.88. The minimum atomic E-state index is -3.67. The lowest BCUT2D eigenvalue weighted by atomic mass is 10.4. The van der Waals surface area contributed by atoms with Crippen LogP contribution < -0.4 is 0 Å². The number of nitrogens with one attached hydrogen (secondary N) is 1. The molecule has 11 nitrogen and oxygen atoms in total. The van der Waals surface area contributed by atoms with Crippen molar-refractivity contribution in [3.63, 3.8) is 0 Å². The van der Waals surface area contributed by atoms with E-state index in [1.54, 1.807) is 0 Å². The average Bonchev–Trinajstić information content (AvgIpc) is 2.56. The van der Waals surface area contributed by atoms with Crippen LogP contribution in [-0.4, -0.2) is 67.6 Å². The second-order valence-electron chi connectivity index (χ2n) is 4.03. The lowest BCUT2D eigenvalue weighted by Gasteiger charge is -1.79. The summed E-state index contributed by atoms with van der Waals surface area (Å²) in [5, 5.41) is 0. The largest absolute Gasteiger partial charge is 0.349 e. The van der Waals surface area contributed by atoms with Gasteiger partial charge in [-0.1, -0.05) is 6.92 Å². The molecule has 0 radical (unpaired) electrons. The van der Waals surface area contributed by atoms with Crippen molar-refractivity contribution in [1.82, 2.24) is 9.97 Å². The monoisotopic (exact) mass is 398 g/mol. The van der Waals surface area contributed by atoms with Gasteiger partial charge in [0.1, 0.15) is 5.82 Å². The van der Waals surface area contributed by atoms with Crippen LogP contribution in [0.15, 0.2) is 6.20 Å². The van der Waals surface area contributed by atoms with Crippen LogP contribution in [0.1, 0.15) is 18.4 Å². The van der Waals surface area contributed by atoms with Crippen molar-refractivity contribution < 1.29 is 38.9 Å². The standard InChI is InChI=1S/C6H10N2.3CH4O3S/c1-3-6-4-7-5(2)8-6;3*1-5(2,3)4/h4H,3H2,1-2H3,(H,7,8);3*1H3,(H,2,3,4). The molecule has 23 heavy (non-hydrogen) atoms. The topological polar surface area (TPSA) is 192 Å². The minimum absolute atomic E-state index is 0.715. The van der Waals surface area contributed by atoms with E-state index < -0.39 is 30.4 Å².